The van der Waals surface area contributed by atoms with Crippen LogP contribution in [0.1, 0.15) is 33.7 Å². The molecule has 1 N–H and O–H groups in total. The van der Waals surface area contributed by atoms with Gasteiger partial charge < -0.3 is 9.88 Å². The van der Waals surface area contributed by atoms with Crippen molar-refractivity contribution in [3.8, 4) is 0 Å². The summed E-state index contributed by atoms with van der Waals surface area (Å²) >= 11 is 0. The van der Waals surface area contributed by atoms with E-state index in [2.05, 4.69) is 28.7 Å². The second-order valence-corrected chi connectivity index (χ2v) is 5.09. The van der Waals surface area contributed by atoms with Crippen LogP contribution in [0.4, 0.5) is 5.69 Å². The maximum atomic E-state index is 11.6. The standard InChI is InChI=1S/C14H19N3O/c1-9(2)14(18)16-11-5-6-13-12(7-11)15-8-17(13)10(3)4/h5-10H,1-4H3,(H,16,18). The van der Waals surface area contributed by atoms with Crippen LogP contribution in [-0.4, -0.2) is 15.5 Å². The highest BCUT2D eigenvalue weighted by Gasteiger charge is 2.09. The molecule has 0 spiro atoms. The summed E-state index contributed by atoms with van der Waals surface area (Å²) in [5.41, 5.74) is 2.80. The fraction of sp³-hybridized carbons (Fsp3) is 0.429. The number of amides is 1. The molecule has 2 aromatic rings. The molecule has 1 aromatic heterocycles. The molecular weight excluding hydrogens is 226 g/mol. The fourth-order valence-electron chi connectivity index (χ4n) is 1.81. The molecule has 4 nitrogen and oxygen atoms in total. The average molecular weight is 245 g/mol. The molecule has 2 rings (SSSR count). The van der Waals surface area contributed by atoms with E-state index in [4.69, 9.17) is 0 Å². The van der Waals surface area contributed by atoms with E-state index in [0.717, 1.165) is 16.7 Å². The van der Waals surface area contributed by atoms with Crippen molar-refractivity contribution in [2.45, 2.75) is 33.7 Å². The van der Waals surface area contributed by atoms with Gasteiger partial charge in [0.2, 0.25) is 5.91 Å². The van der Waals surface area contributed by atoms with E-state index in [9.17, 15) is 4.79 Å². The van der Waals surface area contributed by atoms with Gasteiger partial charge >= 0.3 is 0 Å². The lowest BCUT2D eigenvalue weighted by Gasteiger charge is -2.09. The maximum Gasteiger partial charge on any atom is 0.226 e. The van der Waals surface area contributed by atoms with E-state index < -0.39 is 0 Å². The highest BCUT2D eigenvalue weighted by atomic mass is 16.1. The van der Waals surface area contributed by atoms with Gasteiger partial charge in [0.05, 0.1) is 17.4 Å². The van der Waals surface area contributed by atoms with E-state index in [1.54, 1.807) is 0 Å². The first-order chi connectivity index (χ1) is 8.49. The van der Waals surface area contributed by atoms with Crippen molar-refractivity contribution in [1.29, 1.82) is 0 Å². The molecule has 0 saturated heterocycles. The summed E-state index contributed by atoms with van der Waals surface area (Å²) in [4.78, 5) is 16.0. The van der Waals surface area contributed by atoms with Gasteiger partial charge in [-0.05, 0) is 32.0 Å². The predicted molar refractivity (Wildman–Crippen MR) is 73.6 cm³/mol. The largest absolute Gasteiger partial charge is 0.328 e. The second-order valence-electron chi connectivity index (χ2n) is 5.09. The molecule has 1 amide bonds. The van der Waals surface area contributed by atoms with E-state index in [0.29, 0.717) is 6.04 Å². The number of benzene rings is 1. The fourth-order valence-corrected chi connectivity index (χ4v) is 1.81. The molecule has 0 aliphatic carbocycles. The first kappa shape index (κ1) is 12.6. The molecule has 0 saturated carbocycles. The Kier molecular flexibility index (Phi) is 3.36. The Balaban J connectivity index is 2.32. The van der Waals surface area contributed by atoms with Crippen molar-refractivity contribution in [2.24, 2.45) is 5.92 Å². The van der Waals surface area contributed by atoms with Gasteiger partial charge in [-0.15, -0.1) is 0 Å². The van der Waals surface area contributed by atoms with Crippen LogP contribution in [0.15, 0.2) is 24.5 Å². The predicted octanol–water partition coefficient (Wildman–Crippen LogP) is 3.21. The zero-order valence-electron chi connectivity index (χ0n) is 11.3. The molecule has 0 aliphatic rings. The molecule has 96 valence electrons. The first-order valence-electron chi connectivity index (χ1n) is 6.26. The number of hydrogen-bond acceptors (Lipinski definition) is 2. The molecule has 0 atom stereocenters. The third-order valence-electron chi connectivity index (χ3n) is 2.92. The zero-order chi connectivity index (χ0) is 13.3. The van der Waals surface area contributed by atoms with Crippen LogP contribution in [-0.2, 0) is 4.79 Å². The molecule has 0 bridgehead atoms. The zero-order valence-corrected chi connectivity index (χ0v) is 11.3. The molecule has 0 aliphatic heterocycles. The second kappa shape index (κ2) is 4.80. The number of carbonyl (C=O) groups excluding carboxylic acids is 1. The minimum absolute atomic E-state index is 0.0195. The number of carbonyl (C=O) groups is 1. The van der Waals surface area contributed by atoms with Crippen molar-refractivity contribution in [2.75, 3.05) is 5.32 Å². The van der Waals surface area contributed by atoms with Crippen molar-refractivity contribution >= 4 is 22.6 Å². The quantitative estimate of drug-likeness (QED) is 0.902. The van der Waals surface area contributed by atoms with Gasteiger partial charge in [-0.2, -0.15) is 0 Å². The third kappa shape index (κ3) is 2.37. The topological polar surface area (TPSA) is 46.9 Å². The number of hydrogen-bond donors (Lipinski definition) is 1. The summed E-state index contributed by atoms with van der Waals surface area (Å²) in [6, 6.07) is 6.21. The number of nitrogens with one attached hydrogen (secondary N) is 1. The van der Waals surface area contributed by atoms with Crippen LogP contribution in [0, 0.1) is 5.92 Å². The Hall–Kier alpha value is -1.84. The molecule has 0 radical (unpaired) electrons. The Labute approximate surface area is 107 Å². The number of fused-ring (bicyclic) bond motifs is 1. The van der Waals surface area contributed by atoms with Crippen molar-refractivity contribution in [1.82, 2.24) is 9.55 Å². The van der Waals surface area contributed by atoms with Crippen molar-refractivity contribution < 1.29 is 4.79 Å². The summed E-state index contributed by atoms with van der Waals surface area (Å²) in [7, 11) is 0. The number of aromatic nitrogens is 2. The van der Waals surface area contributed by atoms with Gasteiger partial charge in [0.25, 0.3) is 0 Å². The van der Waals surface area contributed by atoms with Gasteiger partial charge in [0.15, 0.2) is 0 Å². The Morgan fingerprint density at radius 2 is 2.00 bits per heavy atom. The summed E-state index contributed by atoms with van der Waals surface area (Å²) in [6.07, 6.45) is 1.84. The highest BCUT2D eigenvalue weighted by Crippen LogP contribution is 2.21. The lowest BCUT2D eigenvalue weighted by atomic mass is 10.2. The number of imidazole rings is 1. The molecule has 0 unspecified atom stereocenters. The van der Waals surface area contributed by atoms with Crippen molar-refractivity contribution in [3.05, 3.63) is 24.5 Å². The van der Waals surface area contributed by atoms with Crippen LogP contribution < -0.4 is 5.32 Å². The smallest absolute Gasteiger partial charge is 0.226 e. The minimum Gasteiger partial charge on any atom is -0.328 e. The first-order valence-corrected chi connectivity index (χ1v) is 6.26. The Bertz CT molecular complexity index is 569. The third-order valence-corrected chi connectivity index (χ3v) is 2.92. The van der Waals surface area contributed by atoms with Gasteiger partial charge in [0, 0.05) is 17.6 Å². The van der Waals surface area contributed by atoms with Gasteiger partial charge in [0.1, 0.15) is 0 Å². The highest BCUT2D eigenvalue weighted by molar-refractivity contribution is 5.94. The van der Waals surface area contributed by atoms with Crippen LogP contribution >= 0.6 is 0 Å². The molecule has 1 heterocycles. The SMILES string of the molecule is CC(C)C(=O)Nc1ccc2c(c1)ncn2C(C)C. The monoisotopic (exact) mass is 245 g/mol. The molecular formula is C14H19N3O. The average Bonchev–Trinajstić information content (AvgIpc) is 2.71. The van der Waals surface area contributed by atoms with Gasteiger partial charge in [-0.25, -0.2) is 4.98 Å². The molecule has 18 heavy (non-hydrogen) atoms. The summed E-state index contributed by atoms with van der Waals surface area (Å²) in [6.45, 7) is 7.99. The van der Waals surface area contributed by atoms with E-state index in [-0.39, 0.29) is 11.8 Å². The number of rotatable bonds is 3. The van der Waals surface area contributed by atoms with Crippen LogP contribution in [0.5, 0.6) is 0 Å². The van der Waals surface area contributed by atoms with Crippen molar-refractivity contribution in [3.63, 3.8) is 0 Å². The van der Waals surface area contributed by atoms with Gasteiger partial charge in [-0.1, -0.05) is 13.8 Å². The summed E-state index contributed by atoms with van der Waals surface area (Å²) < 4.78 is 2.11. The summed E-state index contributed by atoms with van der Waals surface area (Å²) in [5.74, 6) is 0.00607. The van der Waals surface area contributed by atoms with Crippen LogP contribution in [0.2, 0.25) is 0 Å². The molecule has 0 fully saturated rings. The Morgan fingerprint density at radius 1 is 1.28 bits per heavy atom. The number of nitrogens with zero attached hydrogens (tertiary/aromatic N) is 2. The lowest BCUT2D eigenvalue weighted by Crippen LogP contribution is -2.17. The van der Waals surface area contributed by atoms with Crippen LogP contribution in [0.3, 0.4) is 0 Å². The van der Waals surface area contributed by atoms with E-state index >= 15 is 0 Å². The van der Waals surface area contributed by atoms with Gasteiger partial charge in [-0.3, -0.25) is 4.79 Å². The summed E-state index contributed by atoms with van der Waals surface area (Å²) in [5, 5.41) is 2.88. The van der Waals surface area contributed by atoms with Crippen LogP contribution in [0.25, 0.3) is 11.0 Å². The Morgan fingerprint density at radius 3 is 2.61 bits per heavy atom. The lowest BCUT2D eigenvalue weighted by molar-refractivity contribution is -0.118. The van der Waals surface area contributed by atoms with E-state index in [1.165, 1.54) is 0 Å². The van der Waals surface area contributed by atoms with E-state index in [1.807, 2.05) is 38.4 Å². The number of anilines is 1. The minimum atomic E-state index is -0.0195. The maximum absolute atomic E-state index is 11.6. The molecule has 1 aromatic carbocycles. The molecule has 4 heteroatoms. The normalized spacial score (nSPS) is 11.4.